The maximum absolute atomic E-state index is 10.5. The van der Waals surface area contributed by atoms with Gasteiger partial charge in [-0.2, -0.15) is 0 Å². The van der Waals surface area contributed by atoms with Gasteiger partial charge in [0.15, 0.2) is 0 Å². The lowest BCUT2D eigenvalue weighted by Gasteiger charge is -2.05. The van der Waals surface area contributed by atoms with Crippen molar-refractivity contribution in [1.82, 2.24) is 0 Å². The standard InChI is InChI=1S/C6H10O.C3H8O3.C3H4O2/c7-6-4-2-1-3-5-6;4-1-3(6)2-5;1-2-3(4)5/h1-5H2;3-6H,1-2H2;2H,1H2,(H,4,5). The zero-order valence-electron chi connectivity index (χ0n) is 10.4. The first-order valence-electron chi connectivity index (χ1n) is 5.74. The summed E-state index contributed by atoms with van der Waals surface area (Å²) < 4.78 is 0. The Hall–Kier alpha value is -1.24. The molecule has 0 heterocycles. The molecule has 0 aromatic carbocycles. The lowest BCUT2D eigenvalue weighted by atomic mass is 10.00. The third-order valence-corrected chi connectivity index (χ3v) is 2.01. The predicted octanol–water partition coefficient (Wildman–Crippen LogP) is 0.108. The van der Waals surface area contributed by atoms with Crippen molar-refractivity contribution in [3.63, 3.8) is 0 Å². The summed E-state index contributed by atoms with van der Waals surface area (Å²) in [5, 5.41) is 31.6. The van der Waals surface area contributed by atoms with Gasteiger partial charge >= 0.3 is 5.97 Å². The van der Waals surface area contributed by atoms with E-state index in [1.807, 2.05) is 0 Å². The molecule has 106 valence electrons. The SMILES string of the molecule is C=CC(=O)O.O=C1CCCCC1.OCC(O)CO. The van der Waals surface area contributed by atoms with Gasteiger partial charge in [-0.25, -0.2) is 4.79 Å². The molecule has 1 fully saturated rings. The number of carboxylic acid groups (broad SMARTS) is 1. The summed E-state index contributed by atoms with van der Waals surface area (Å²) in [6, 6.07) is 0. The fourth-order valence-electron chi connectivity index (χ4n) is 1.00. The first kappa shape index (κ1) is 19.1. The van der Waals surface area contributed by atoms with Crippen LogP contribution in [0.1, 0.15) is 32.1 Å². The van der Waals surface area contributed by atoms with Gasteiger partial charge in [0.25, 0.3) is 0 Å². The van der Waals surface area contributed by atoms with Crippen LogP contribution in [0.25, 0.3) is 0 Å². The summed E-state index contributed by atoms with van der Waals surface area (Å²) in [5.41, 5.74) is 0. The summed E-state index contributed by atoms with van der Waals surface area (Å²) >= 11 is 0. The Morgan fingerprint density at radius 3 is 1.72 bits per heavy atom. The van der Waals surface area contributed by atoms with E-state index in [1.54, 1.807) is 0 Å². The van der Waals surface area contributed by atoms with Crippen LogP contribution in [-0.4, -0.2) is 51.5 Å². The minimum atomic E-state index is -0.981. The largest absolute Gasteiger partial charge is 0.478 e. The van der Waals surface area contributed by atoms with Crippen molar-refractivity contribution in [2.75, 3.05) is 13.2 Å². The van der Waals surface area contributed by atoms with E-state index >= 15 is 0 Å². The van der Waals surface area contributed by atoms with E-state index in [-0.39, 0.29) is 13.2 Å². The van der Waals surface area contributed by atoms with Crippen LogP contribution in [0.15, 0.2) is 12.7 Å². The van der Waals surface area contributed by atoms with E-state index in [1.165, 1.54) is 6.42 Å². The summed E-state index contributed by atoms with van der Waals surface area (Å²) in [7, 11) is 0. The number of hydrogen-bond donors (Lipinski definition) is 4. The normalized spacial score (nSPS) is 13.9. The second kappa shape index (κ2) is 13.8. The van der Waals surface area contributed by atoms with E-state index in [4.69, 9.17) is 20.4 Å². The van der Waals surface area contributed by atoms with E-state index < -0.39 is 12.1 Å². The molecule has 0 unspecified atom stereocenters. The zero-order valence-corrected chi connectivity index (χ0v) is 10.4. The van der Waals surface area contributed by atoms with Crippen LogP contribution in [0.3, 0.4) is 0 Å². The highest BCUT2D eigenvalue weighted by atomic mass is 16.4. The number of Topliss-reactive ketones (excluding diaryl/α,β-unsaturated/α-hetero) is 1. The van der Waals surface area contributed by atoms with Gasteiger partial charge in [-0.15, -0.1) is 0 Å². The summed E-state index contributed by atoms with van der Waals surface area (Å²) in [6.07, 6.45) is 5.12. The maximum Gasteiger partial charge on any atom is 0.327 e. The predicted molar refractivity (Wildman–Crippen MR) is 66.1 cm³/mol. The maximum atomic E-state index is 10.5. The third-order valence-electron chi connectivity index (χ3n) is 2.01. The molecule has 0 bridgehead atoms. The molecule has 0 aromatic heterocycles. The van der Waals surface area contributed by atoms with Crippen LogP contribution >= 0.6 is 0 Å². The topological polar surface area (TPSA) is 115 Å². The number of carbonyl (C=O) groups excluding carboxylic acids is 1. The number of aliphatic hydroxyl groups excluding tert-OH is 3. The van der Waals surface area contributed by atoms with Gasteiger partial charge in [0.2, 0.25) is 0 Å². The van der Waals surface area contributed by atoms with Crippen molar-refractivity contribution in [3.05, 3.63) is 12.7 Å². The Kier molecular flexibility index (Phi) is 14.7. The fourth-order valence-corrected chi connectivity index (χ4v) is 1.00. The highest BCUT2D eigenvalue weighted by Crippen LogP contribution is 2.12. The smallest absolute Gasteiger partial charge is 0.327 e. The molecule has 0 spiro atoms. The number of ketones is 1. The zero-order chi connectivity index (χ0) is 14.4. The molecular formula is C12H22O6. The van der Waals surface area contributed by atoms with Gasteiger partial charge in [-0.1, -0.05) is 13.0 Å². The van der Waals surface area contributed by atoms with Gasteiger partial charge in [-0.05, 0) is 12.8 Å². The highest BCUT2D eigenvalue weighted by molar-refractivity contribution is 5.79. The number of carboxylic acids is 1. The minimum Gasteiger partial charge on any atom is -0.478 e. The second-order valence-corrected chi connectivity index (χ2v) is 3.66. The van der Waals surface area contributed by atoms with Crippen molar-refractivity contribution >= 4 is 11.8 Å². The molecule has 1 saturated carbocycles. The van der Waals surface area contributed by atoms with Gasteiger partial charge in [0.05, 0.1) is 13.2 Å². The van der Waals surface area contributed by atoms with E-state index in [0.717, 1.165) is 31.8 Å². The molecule has 0 atom stereocenters. The Morgan fingerprint density at radius 1 is 1.22 bits per heavy atom. The number of rotatable bonds is 3. The molecule has 6 heteroatoms. The first-order valence-corrected chi connectivity index (χ1v) is 5.74. The third kappa shape index (κ3) is 17.2. The Morgan fingerprint density at radius 2 is 1.61 bits per heavy atom. The van der Waals surface area contributed by atoms with Gasteiger partial charge in [-0.3, -0.25) is 4.79 Å². The van der Waals surface area contributed by atoms with Crippen molar-refractivity contribution in [2.45, 2.75) is 38.2 Å². The van der Waals surface area contributed by atoms with E-state index in [2.05, 4.69) is 6.58 Å². The lowest BCUT2D eigenvalue weighted by molar-refractivity contribution is -0.131. The van der Waals surface area contributed by atoms with Crippen molar-refractivity contribution in [3.8, 4) is 0 Å². The van der Waals surface area contributed by atoms with Gasteiger partial charge in [0.1, 0.15) is 11.9 Å². The quantitative estimate of drug-likeness (QED) is 0.536. The molecule has 0 aromatic rings. The summed E-state index contributed by atoms with van der Waals surface area (Å²) in [4.78, 5) is 19.7. The molecule has 6 nitrogen and oxygen atoms in total. The monoisotopic (exact) mass is 262 g/mol. The number of hydrogen-bond acceptors (Lipinski definition) is 5. The molecule has 0 amide bonds. The molecule has 1 aliphatic carbocycles. The lowest BCUT2D eigenvalue weighted by Crippen LogP contribution is -2.15. The van der Waals surface area contributed by atoms with E-state index in [0.29, 0.717) is 5.78 Å². The van der Waals surface area contributed by atoms with Crippen LogP contribution in [-0.2, 0) is 9.59 Å². The number of aliphatic carboxylic acids is 1. The molecule has 0 radical (unpaired) electrons. The molecule has 0 aliphatic heterocycles. The Balaban J connectivity index is 0. The number of carbonyl (C=O) groups is 2. The minimum absolute atomic E-state index is 0.365. The van der Waals surface area contributed by atoms with Crippen LogP contribution in [0.4, 0.5) is 0 Å². The second-order valence-electron chi connectivity index (χ2n) is 3.66. The molecule has 0 saturated heterocycles. The summed E-state index contributed by atoms with van der Waals surface area (Å²) in [5.74, 6) is -0.517. The van der Waals surface area contributed by atoms with Crippen molar-refractivity contribution in [1.29, 1.82) is 0 Å². The first-order chi connectivity index (χ1) is 8.47. The highest BCUT2D eigenvalue weighted by Gasteiger charge is 2.05. The van der Waals surface area contributed by atoms with Crippen molar-refractivity contribution in [2.24, 2.45) is 0 Å². The Bertz CT molecular complexity index is 227. The molecule has 18 heavy (non-hydrogen) atoms. The van der Waals surface area contributed by atoms with Gasteiger partial charge in [0, 0.05) is 18.9 Å². The number of aliphatic hydroxyl groups is 3. The van der Waals surface area contributed by atoms with Crippen LogP contribution in [0.2, 0.25) is 0 Å². The van der Waals surface area contributed by atoms with Crippen LogP contribution < -0.4 is 0 Å². The summed E-state index contributed by atoms with van der Waals surface area (Å²) in [6.45, 7) is 2.23. The van der Waals surface area contributed by atoms with E-state index in [9.17, 15) is 9.59 Å². The average Bonchev–Trinajstić information content (AvgIpc) is 2.40. The van der Waals surface area contributed by atoms with Crippen LogP contribution in [0, 0.1) is 0 Å². The van der Waals surface area contributed by atoms with Crippen LogP contribution in [0.5, 0.6) is 0 Å². The Labute approximate surface area is 107 Å². The molecular weight excluding hydrogens is 240 g/mol. The fraction of sp³-hybridized carbons (Fsp3) is 0.667. The van der Waals surface area contributed by atoms with Gasteiger partial charge < -0.3 is 20.4 Å². The average molecular weight is 262 g/mol. The molecule has 4 N–H and O–H groups in total. The molecule has 1 aliphatic rings. The van der Waals surface area contributed by atoms with Crippen molar-refractivity contribution < 1.29 is 30.0 Å². The molecule has 1 rings (SSSR count).